The van der Waals surface area contributed by atoms with Crippen LogP contribution in [0.2, 0.25) is 0 Å². The molecule has 3 N–H and O–H groups in total. The molecule has 0 radical (unpaired) electrons. The Kier molecular flexibility index (Phi) is 8.63. The van der Waals surface area contributed by atoms with Crippen LogP contribution in [0.4, 0.5) is 24.5 Å². The summed E-state index contributed by atoms with van der Waals surface area (Å²) in [7, 11) is 0. The molecule has 2 amide bonds. The Hall–Kier alpha value is -4.43. The van der Waals surface area contributed by atoms with Gasteiger partial charge in [0.15, 0.2) is 0 Å². The van der Waals surface area contributed by atoms with Gasteiger partial charge in [0.05, 0.1) is 45.7 Å². The number of halogens is 3. The van der Waals surface area contributed by atoms with Gasteiger partial charge in [-0.15, -0.1) is 0 Å². The number of allylic oxidation sites excluding steroid dienone is 2. The van der Waals surface area contributed by atoms with Crippen LogP contribution >= 0.6 is 11.8 Å². The Balaban J connectivity index is 1.59. The predicted octanol–water partition coefficient (Wildman–Crippen LogP) is 6.93. The minimum atomic E-state index is -4.58. The summed E-state index contributed by atoms with van der Waals surface area (Å²) in [6.45, 7) is 7.42. The first-order valence-corrected chi connectivity index (χ1v) is 13.5. The van der Waals surface area contributed by atoms with Gasteiger partial charge in [0.2, 0.25) is 5.91 Å². The third-order valence-electron chi connectivity index (χ3n) is 6.46. The van der Waals surface area contributed by atoms with Gasteiger partial charge in [-0.1, -0.05) is 35.5 Å². The van der Waals surface area contributed by atoms with Crippen LogP contribution in [0.1, 0.15) is 40.9 Å². The molecular formula is C30H27F3N4O3S. The summed E-state index contributed by atoms with van der Waals surface area (Å²) in [5, 5.41) is 19.0. The van der Waals surface area contributed by atoms with E-state index in [1.807, 2.05) is 32.9 Å². The summed E-state index contributed by atoms with van der Waals surface area (Å²) in [5.41, 5.74) is 3.33. The van der Waals surface area contributed by atoms with E-state index in [0.717, 1.165) is 46.3 Å². The van der Waals surface area contributed by atoms with Gasteiger partial charge in [-0.05, 0) is 69.2 Å². The van der Waals surface area contributed by atoms with Crippen LogP contribution in [-0.2, 0) is 15.8 Å². The summed E-state index contributed by atoms with van der Waals surface area (Å²) in [4.78, 5) is 26.3. The standard InChI is InChI=1S/C30H27F3N4O3S/c1-16-11-17(2)27(18(3)12-16)37-24(38)15-41-29-22(14-34)26(23-9-6-10-40-23)25(19(4)35-29)28(39)36-21-8-5-7-20(13-21)30(31,32)33/h5-13,26,35H,15H2,1-4H3,(H,36,39)(H,37,38). The number of hydrogen-bond donors (Lipinski definition) is 3. The number of aryl methyl sites for hydroxylation is 3. The molecule has 4 rings (SSSR count). The molecule has 2 aromatic carbocycles. The second kappa shape index (κ2) is 12.0. The van der Waals surface area contributed by atoms with Crippen molar-refractivity contribution in [1.82, 2.24) is 5.32 Å². The number of anilines is 2. The largest absolute Gasteiger partial charge is 0.468 e. The molecule has 1 unspecified atom stereocenters. The Labute approximate surface area is 239 Å². The zero-order valence-corrected chi connectivity index (χ0v) is 23.5. The van der Waals surface area contributed by atoms with Crippen molar-refractivity contribution in [2.24, 2.45) is 0 Å². The van der Waals surface area contributed by atoms with Gasteiger partial charge in [0.1, 0.15) is 5.76 Å². The van der Waals surface area contributed by atoms with E-state index in [-0.39, 0.29) is 28.5 Å². The Morgan fingerprint density at radius 1 is 1.05 bits per heavy atom. The Morgan fingerprint density at radius 2 is 1.76 bits per heavy atom. The monoisotopic (exact) mass is 580 g/mol. The fourth-order valence-electron chi connectivity index (χ4n) is 4.73. The second-order valence-corrected chi connectivity index (χ2v) is 10.6. The van der Waals surface area contributed by atoms with Gasteiger partial charge in [-0.25, -0.2) is 0 Å². The predicted molar refractivity (Wildman–Crippen MR) is 152 cm³/mol. The number of amides is 2. The van der Waals surface area contributed by atoms with Crippen LogP contribution < -0.4 is 16.0 Å². The van der Waals surface area contributed by atoms with Crippen LogP contribution in [0.25, 0.3) is 0 Å². The van der Waals surface area contributed by atoms with Gasteiger partial charge in [-0.3, -0.25) is 9.59 Å². The first kappa shape index (κ1) is 29.6. The average molecular weight is 581 g/mol. The number of carbonyl (C=O) groups excluding carboxylic acids is 2. The van der Waals surface area contributed by atoms with E-state index in [9.17, 15) is 28.0 Å². The molecule has 0 aliphatic carbocycles. The lowest BCUT2D eigenvalue weighted by Gasteiger charge is -2.28. The maximum Gasteiger partial charge on any atom is 0.416 e. The molecule has 0 spiro atoms. The van der Waals surface area contributed by atoms with E-state index in [1.54, 1.807) is 19.1 Å². The maximum atomic E-state index is 13.4. The molecule has 0 saturated heterocycles. The van der Waals surface area contributed by atoms with Crippen LogP contribution in [0.15, 0.2) is 81.1 Å². The lowest BCUT2D eigenvalue weighted by atomic mass is 9.85. The second-order valence-electron chi connectivity index (χ2n) is 9.61. The molecule has 11 heteroatoms. The van der Waals surface area contributed by atoms with Crippen LogP contribution in [0, 0.1) is 32.1 Å². The highest BCUT2D eigenvalue weighted by molar-refractivity contribution is 8.03. The van der Waals surface area contributed by atoms with Gasteiger partial charge in [-0.2, -0.15) is 18.4 Å². The van der Waals surface area contributed by atoms with E-state index in [4.69, 9.17) is 4.42 Å². The summed E-state index contributed by atoms with van der Waals surface area (Å²) in [5.74, 6) is -1.65. The Morgan fingerprint density at radius 3 is 2.37 bits per heavy atom. The Bertz CT molecular complexity index is 1580. The van der Waals surface area contributed by atoms with Crippen LogP contribution in [-0.4, -0.2) is 17.6 Å². The molecule has 7 nitrogen and oxygen atoms in total. The van der Waals surface area contributed by atoms with Crippen molar-refractivity contribution in [2.75, 3.05) is 16.4 Å². The number of furan rings is 1. The maximum absolute atomic E-state index is 13.4. The van der Waals surface area contributed by atoms with E-state index >= 15 is 0 Å². The number of rotatable bonds is 7. The highest BCUT2D eigenvalue weighted by Crippen LogP contribution is 2.41. The van der Waals surface area contributed by atoms with Crippen molar-refractivity contribution >= 4 is 35.0 Å². The lowest BCUT2D eigenvalue weighted by Crippen LogP contribution is -2.31. The fourth-order valence-corrected chi connectivity index (χ4v) is 5.62. The van der Waals surface area contributed by atoms with Crippen molar-refractivity contribution < 1.29 is 27.2 Å². The number of nitrogens with zero attached hydrogens (tertiary/aromatic N) is 1. The molecule has 41 heavy (non-hydrogen) atoms. The van der Waals surface area contributed by atoms with Crippen molar-refractivity contribution in [3.05, 3.63) is 105 Å². The zero-order chi connectivity index (χ0) is 29.9. The minimum Gasteiger partial charge on any atom is -0.468 e. The molecule has 1 aliphatic heterocycles. The first-order chi connectivity index (χ1) is 19.4. The molecule has 2 heterocycles. The molecule has 3 aromatic rings. The number of dihydropyridines is 1. The summed E-state index contributed by atoms with van der Waals surface area (Å²) in [6, 6.07) is 13.6. The lowest BCUT2D eigenvalue weighted by molar-refractivity contribution is -0.137. The first-order valence-electron chi connectivity index (χ1n) is 12.5. The number of nitrogens with one attached hydrogen (secondary N) is 3. The van der Waals surface area contributed by atoms with Crippen molar-refractivity contribution in [1.29, 1.82) is 5.26 Å². The topological polar surface area (TPSA) is 107 Å². The molecular weight excluding hydrogens is 553 g/mol. The average Bonchev–Trinajstić information content (AvgIpc) is 3.43. The third-order valence-corrected chi connectivity index (χ3v) is 7.47. The minimum absolute atomic E-state index is 0.0236. The van der Waals surface area contributed by atoms with E-state index in [0.29, 0.717) is 16.5 Å². The van der Waals surface area contributed by atoms with Gasteiger partial charge < -0.3 is 20.4 Å². The molecule has 1 atom stereocenters. The number of alkyl halides is 3. The van der Waals surface area contributed by atoms with Crippen molar-refractivity contribution in [3.63, 3.8) is 0 Å². The number of nitriles is 1. The third kappa shape index (κ3) is 6.66. The zero-order valence-electron chi connectivity index (χ0n) is 22.7. The molecule has 0 bridgehead atoms. The van der Waals surface area contributed by atoms with Gasteiger partial charge in [0.25, 0.3) is 5.91 Å². The molecule has 1 aromatic heterocycles. The number of benzene rings is 2. The van der Waals surface area contributed by atoms with E-state index < -0.39 is 23.6 Å². The molecule has 0 saturated carbocycles. The number of carbonyl (C=O) groups is 2. The van der Waals surface area contributed by atoms with E-state index in [2.05, 4.69) is 22.0 Å². The van der Waals surface area contributed by atoms with Crippen molar-refractivity contribution in [2.45, 2.75) is 39.8 Å². The van der Waals surface area contributed by atoms with Crippen LogP contribution in [0.3, 0.4) is 0 Å². The van der Waals surface area contributed by atoms with E-state index in [1.165, 1.54) is 18.4 Å². The quantitative estimate of drug-likeness (QED) is 0.280. The summed E-state index contributed by atoms with van der Waals surface area (Å²) < 4.78 is 45.2. The SMILES string of the molecule is CC1=C(C(=O)Nc2cccc(C(F)(F)F)c2)C(c2ccco2)C(C#N)=C(SCC(=O)Nc2c(C)cc(C)cc2C)N1. The summed E-state index contributed by atoms with van der Waals surface area (Å²) in [6.07, 6.45) is -3.18. The number of hydrogen-bond acceptors (Lipinski definition) is 6. The van der Waals surface area contributed by atoms with Gasteiger partial charge in [0, 0.05) is 17.1 Å². The van der Waals surface area contributed by atoms with Crippen molar-refractivity contribution in [3.8, 4) is 6.07 Å². The highest BCUT2D eigenvalue weighted by atomic mass is 32.2. The fraction of sp³-hybridized carbons (Fsp3) is 0.233. The van der Waals surface area contributed by atoms with Gasteiger partial charge >= 0.3 is 6.18 Å². The smallest absolute Gasteiger partial charge is 0.416 e. The normalized spacial score (nSPS) is 15.3. The highest BCUT2D eigenvalue weighted by Gasteiger charge is 2.37. The summed E-state index contributed by atoms with van der Waals surface area (Å²) >= 11 is 1.10. The number of thioether (sulfide) groups is 1. The molecule has 1 aliphatic rings. The van der Waals surface area contributed by atoms with Crippen LogP contribution in [0.5, 0.6) is 0 Å². The molecule has 0 fully saturated rings. The molecule has 212 valence electrons.